The number of nitrogen functional groups attached to an aromatic ring is 1. The lowest BCUT2D eigenvalue weighted by Gasteiger charge is -2.04. The molecule has 0 radical (unpaired) electrons. The standard InChI is InChI=1S/C7H8N4O/c1-12-6-5(8)4-10-7-9-2-3-11(6)7/h2-4H,8H2,1H3. The molecule has 12 heavy (non-hydrogen) atoms. The number of fused-ring (bicyclic) bond motifs is 1. The third kappa shape index (κ3) is 0.795. The van der Waals surface area contributed by atoms with Crippen molar-refractivity contribution >= 4 is 11.5 Å². The van der Waals surface area contributed by atoms with Crippen molar-refractivity contribution in [2.45, 2.75) is 0 Å². The van der Waals surface area contributed by atoms with Gasteiger partial charge in [-0.2, -0.15) is 0 Å². The first-order chi connectivity index (χ1) is 5.83. The average Bonchev–Trinajstić information content (AvgIpc) is 2.52. The predicted molar refractivity (Wildman–Crippen MR) is 44.0 cm³/mol. The Balaban J connectivity index is 2.83. The van der Waals surface area contributed by atoms with E-state index in [9.17, 15) is 0 Å². The molecule has 0 bridgehead atoms. The van der Waals surface area contributed by atoms with Gasteiger partial charge in [-0.15, -0.1) is 0 Å². The van der Waals surface area contributed by atoms with Crippen LogP contribution < -0.4 is 10.5 Å². The molecule has 2 heterocycles. The van der Waals surface area contributed by atoms with Gasteiger partial charge in [0.05, 0.1) is 13.3 Å². The van der Waals surface area contributed by atoms with E-state index in [2.05, 4.69) is 9.97 Å². The highest BCUT2D eigenvalue weighted by atomic mass is 16.5. The number of nitrogens with zero attached hydrogens (tertiary/aromatic N) is 3. The fourth-order valence-corrected chi connectivity index (χ4v) is 1.09. The smallest absolute Gasteiger partial charge is 0.236 e. The van der Waals surface area contributed by atoms with E-state index in [1.807, 2.05) is 0 Å². The molecule has 0 fully saturated rings. The minimum atomic E-state index is 0.503. The van der Waals surface area contributed by atoms with Gasteiger partial charge in [0, 0.05) is 12.4 Å². The number of nitrogens with two attached hydrogens (primary N) is 1. The van der Waals surface area contributed by atoms with Crippen LogP contribution >= 0.6 is 0 Å². The second-order valence-electron chi connectivity index (χ2n) is 2.32. The van der Waals surface area contributed by atoms with Gasteiger partial charge in [-0.3, -0.25) is 4.40 Å². The molecule has 0 aliphatic heterocycles. The van der Waals surface area contributed by atoms with Crippen molar-refractivity contribution in [2.24, 2.45) is 0 Å². The van der Waals surface area contributed by atoms with Crippen molar-refractivity contribution in [3.63, 3.8) is 0 Å². The van der Waals surface area contributed by atoms with Crippen LogP contribution in [0.1, 0.15) is 0 Å². The van der Waals surface area contributed by atoms with Crippen LogP contribution in [0.25, 0.3) is 5.78 Å². The van der Waals surface area contributed by atoms with Crippen LogP contribution in [0.2, 0.25) is 0 Å². The zero-order chi connectivity index (χ0) is 8.55. The Kier molecular flexibility index (Phi) is 1.36. The van der Waals surface area contributed by atoms with E-state index >= 15 is 0 Å². The maximum Gasteiger partial charge on any atom is 0.236 e. The summed E-state index contributed by atoms with van der Waals surface area (Å²) in [5.74, 6) is 1.15. The Hall–Kier alpha value is -1.78. The fraction of sp³-hybridized carbons (Fsp3) is 0.143. The van der Waals surface area contributed by atoms with E-state index < -0.39 is 0 Å². The minimum Gasteiger partial charge on any atom is -0.480 e. The van der Waals surface area contributed by atoms with E-state index in [0.29, 0.717) is 17.3 Å². The first-order valence-corrected chi connectivity index (χ1v) is 3.44. The molecule has 2 aromatic heterocycles. The van der Waals surface area contributed by atoms with Crippen molar-refractivity contribution < 1.29 is 4.74 Å². The number of anilines is 1. The van der Waals surface area contributed by atoms with Crippen LogP contribution in [-0.4, -0.2) is 21.5 Å². The van der Waals surface area contributed by atoms with Crippen LogP contribution in [0.15, 0.2) is 18.6 Å². The normalized spacial score (nSPS) is 10.4. The van der Waals surface area contributed by atoms with Crippen LogP contribution in [0, 0.1) is 0 Å². The molecule has 0 atom stereocenters. The molecule has 0 unspecified atom stereocenters. The van der Waals surface area contributed by atoms with Gasteiger partial charge in [-0.05, 0) is 0 Å². The van der Waals surface area contributed by atoms with E-state index in [1.54, 1.807) is 23.9 Å². The van der Waals surface area contributed by atoms with Crippen LogP contribution in [0.5, 0.6) is 5.88 Å². The lowest BCUT2D eigenvalue weighted by atomic mass is 10.5. The minimum absolute atomic E-state index is 0.503. The van der Waals surface area contributed by atoms with Crippen LogP contribution in [-0.2, 0) is 0 Å². The summed E-state index contributed by atoms with van der Waals surface area (Å²) >= 11 is 0. The third-order valence-corrected chi connectivity index (χ3v) is 1.60. The van der Waals surface area contributed by atoms with Crippen LogP contribution in [0.3, 0.4) is 0 Å². The molecule has 0 aliphatic carbocycles. The summed E-state index contributed by atoms with van der Waals surface area (Å²) in [5.41, 5.74) is 6.12. The molecule has 2 N–H and O–H groups in total. The zero-order valence-corrected chi connectivity index (χ0v) is 6.56. The quantitative estimate of drug-likeness (QED) is 0.659. The summed E-state index contributed by atoms with van der Waals surface area (Å²) in [4.78, 5) is 7.98. The van der Waals surface area contributed by atoms with Crippen LogP contribution in [0.4, 0.5) is 5.69 Å². The molecular weight excluding hydrogens is 156 g/mol. The van der Waals surface area contributed by atoms with Crippen molar-refractivity contribution in [2.75, 3.05) is 12.8 Å². The molecule has 5 nitrogen and oxygen atoms in total. The van der Waals surface area contributed by atoms with Gasteiger partial charge in [-0.1, -0.05) is 0 Å². The van der Waals surface area contributed by atoms with E-state index in [4.69, 9.17) is 10.5 Å². The molecule has 0 saturated heterocycles. The van der Waals surface area contributed by atoms with Gasteiger partial charge >= 0.3 is 0 Å². The Labute approximate surface area is 68.8 Å². The second kappa shape index (κ2) is 2.37. The molecule has 0 aliphatic rings. The zero-order valence-electron chi connectivity index (χ0n) is 6.56. The van der Waals surface area contributed by atoms with E-state index in [1.165, 1.54) is 6.20 Å². The third-order valence-electron chi connectivity index (χ3n) is 1.60. The Morgan fingerprint density at radius 2 is 2.33 bits per heavy atom. The molecule has 0 spiro atoms. The molecule has 2 aromatic rings. The number of hydrogen-bond donors (Lipinski definition) is 1. The summed E-state index contributed by atoms with van der Waals surface area (Å²) in [5, 5.41) is 0. The topological polar surface area (TPSA) is 65.4 Å². The average molecular weight is 164 g/mol. The SMILES string of the molecule is COc1c(N)cnc2nccn12. The highest BCUT2D eigenvalue weighted by molar-refractivity contribution is 5.51. The summed E-state index contributed by atoms with van der Waals surface area (Å²) in [6, 6.07) is 0. The van der Waals surface area contributed by atoms with Gasteiger partial charge in [0.25, 0.3) is 0 Å². The van der Waals surface area contributed by atoms with Gasteiger partial charge in [0.15, 0.2) is 0 Å². The van der Waals surface area contributed by atoms with Crippen molar-refractivity contribution in [3.8, 4) is 5.88 Å². The van der Waals surface area contributed by atoms with Gasteiger partial charge < -0.3 is 10.5 Å². The molecule has 0 saturated carbocycles. The molecular formula is C7H8N4O. The van der Waals surface area contributed by atoms with Gasteiger partial charge in [-0.25, -0.2) is 9.97 Å². The lowest BCUT2D eigenvalue weighted by Crippen LogP contribution is -2.00. The fourth-order valence-electron chi connectivity index (χ4n) is 1.09. The highest BCUT2D eigenvalue weighted by Crippen LogP contribution is 2.19. The van der Waals surface area contributed by atoms with E-state index in [0.717, 1.165) is 0 Å². The molecule has 0 amide bonds. The number of aromatic nitrogens is 3. The maximum absolute atomic E-state index is 5.62. The molecule has 5 heteroatoms. The summed E-state index contributed by atoms with van der Waals surface area (Å²) in [6.45, 7) is 0. The largest absolute Gasteiger partial charge is 0.480 e. The monoisotopic (exact) mass is 164 g/mol. The molecule has 62 valence electrons. The second-order valence-corrected chi connectivity index (χ2v) is 2.32. The van der Waals surface area contributed by atoms with Crippen molar-refractivity contribution in [1.82, 2.24) is 14.4 Å². The maximum atomic E-state index is 5.62. The highest BCUT2D eigenvalue weighted by Gasteiger charge is 2.05. The van der Waals surface area contributed by atoms with Gasteiger partial charge in [0.1, 0.15) is 5.69 Å². The van der Waals surface area contributed by atoms with Crippen molar-refractivity contribution in [3.05, 3.63) is 18.6 Å². The summed E-state index contributed by atoms with van der Waals surface area (Å²) in [7, 11) is 1.56. The van der Waals surface area contributed by atoms with Gasteiger partial charge in [0.2, 0.25) is 11.7 Å². The number of ether oxygens (including phenoxy) is 1. The van der Waals surface area contributed by atoms with Crippen molar-refractivity contribution in [1.29, 1.82) is 0 Å². The number of hydrogen-bond acceptors (Lipinski definition) is 4. The lowest BCUT2D eigenvalue weighted by molar-refractivity contribution is 0.394. The number of methoxy groups -OCH3 is 1. The Morgan fingerprint density at radius 3 is 3.08 bits per heavy atom. The predicted octanol–water partition coefficient (Wildman–Crippen LogP) is 0.320. The first-order valence-electron chi connectivity index (χ1n) is 3.44. The number of imidazole rings is 1. The Bertz CT molecular complexity index is 409. The summed E-state index contributed by atoms with van der Waals surface area (Å²) < 4.78 is 6.76. The number of rotatable bonds is 1. The molecule has 2 rings (SSSR count). The first kappa shape index (κ1) is 6.90. The Morgan fingerprint density at radius 1 is 1.50 bits per heavy atom. The van der Waals surface area contributed by atoms with E-state index in [-0.39, 0.29) is 0 Å². The molecule has 0 aromatic carbocycles. The summed E-state index contributed by atoms with van der Waals surface area (Å²) in [6.07, 6.45) is 4.92.